The maximum Gasteiger partial charge on any atom is 0.349 e. The first-order valence-electron chi connectivity index (χ1n) is 8.86. The predicted molar refractivity (Wildman–Crippen MR) is 122 cm³/mol. The molecule has 0 bridgehead atoms. The number of anilines is 1. The summed E-state index contributed by atoms with van der Waals surface area (Å²) >= 11 is 6.74. The van der Waals surface area contributed by atoms with Crippen molar-refractivity contribution in [2.75, 3.05) is 5.32 Å². The zero-order chi connectivity index (χ0) is 21.3. The monoisotopic (exact) mass is 528 g/mol. The minimum Gasteiger partial charge on any atom is -0.421 e. The van der Waals surface area contributed by atoms with Crippen molar-refractivity contribution >= 4 is 66.6 Å². The molecular formula is C22H14Br2N2O4. The molecule has 4 rings (SSSR count). The summed E-state index contributed by atoms with van der Waals surface area (Å²) in [6, 6.07) is 14.7. The molecule has 1 amide bonds. The van der Waals surface area contributed by atoms with Crippen molar-refractivity contribution in [3.05, 3.63) is 90.5 Å². The number of carbonyl (C=O) groups excluding carboxylic acids is 1. The molecule has 0 radical (unpaired) electrons. The summed E-state index contributed by atoms with van der Waals surface area (Å²) in [5, 5.41) is 7.24. The third-order valence-corrected chi connectivity index (χ3v) is 5.40. The van der Waals surface area contributed by atoms with Gasteiger partial charge in [0.15, 0.2) is 11.3 Å². The molecule has 0 saturated carbocycles. The summed E-state index contributed by atoms with van der Waals surface area (Å²) in [6.45, 7) is 1.70. The Morgan fingerprint density at radius 1 is 1.10 bits per heavy atom. The van der Waals surface area contributed by atoms with Gasteiger partial charge in [-0.2, -0.15) is 0 Å². The molecular weight excluding hydrogens is 516 g/mol. The van der Waals surface area contributed by atoms with Crippen LogP contribution < -0.4 is 10.9 Å². The molecule has 150 valence electrons. The van der Waals surface area contributed by atoms with Gasteiger partial charge in [-0.25, -0.2) is 4.79 Å². The van der Waals surface area contributed by atoms with Crippen LogP contribution in [0.3, 0.4) is 0 Å². The zero-order valence-corrected chi connectivity index (χ0v) is 18.8. The van der Waals surface area contributed by atoms with Gasteiger partial charge in [0.1, 0.15) is 16.9 Å². The van der Waals surface area contributed by atoms with Crippen LogP contribution in [0.4, 0.5) is 5.69 Å². The van der Waals surface area contributed by atoms with Gasteiger partial charge in [-0.15, -0.1) is 0 Å². The van der Waals surface area contributed by atoms with Crippen molar-refractivity contribution in [2.45, 2.75) is 6.92 Å². The lowest BCUT2D eigenvalue weighted by Gasteiger charge is -2.06. The summed E-state index contributed by atoms with van der Waals surface area (Å²) < 4.78 is 12.1. The molecule has 0 aliphatic carbocycles. The third-order valence-electron chi connectivity index (χ3n) is 4.35. The van der Waals surface area contributed by atoms with E-state index in [1.54, 1.807) is 25.1 Å². The molecule has 6 nitrogen and oxygen atoms in total. The topological polar surface area (TPSA) is 85.3 Å². The van der Waals surface area contributed by atoms with Crippen LogP contribution in [0.2, 0.25) is 0 Å². The Morgan fingerprint density at radius 3 is 2.63 bits per heavy atom. The number of halogens is 2. The van der Waals surface area contributed by atoms with E-state index in [-0.39, 0.29) is 5.56 Å². The van der Waals surface area contributed by atoms with Crippen molar-refractivity contribution in [1.29, 1.82) is 0 Å². The lowest BCUT2D eigenvalue weighted by molar-refractivity contribution is 0.102. The third kappa shape index (κ3) is 4.15. The van der Waals surface area contributed by atoms with Gasteiger partial charge >= 0.3 is 5.63 Å². The first-order chi connectivity index (χ1) is 14.4. The highest BCUT2D eigenvalue weighted by molar-refractivity contribution is 9.11. The number of hydrogen-bond donors (Lipinski definition) is 1. The van der Waals surface area contributed by atoms with E-state index >= 15 is 0 Å². The molecule has 0 spiro atoms. The highest BCUT2D eigenvalue weighted by Crippen LogP contribution is 2.28. The lowest BCUT2D eigenvalue weighted by atomic mass is 10.1. The van der Waals surface area contributed by atoms with Gasteiger partial charge in [-0.05, 0) is 52.7 Å². The summed E-state index contributed by atoms with van der Waals surface area (Å²) in [5.74, 6) is -0.234. The summed E-state index contributed by atoms with van der Waals surface area (Å²) in [4.78, 5) is 25.2. The molecule has 0 aliphatic rings. The number of aromatic nitrogens is 1. The minimum absolute atomic E-state index is 0.119. The molecule has 8 heteroatoms. The van der Waals surface area contributed by atoms with E-state index in [1.165, 1.54) is 6.07 Å². The second-order valence-electron chi connectivity index (χ2n) is 6.46. The fourth-order valence-corrected chi connectivity index (χ4v) is 4.22. The van der Waals surface area contributed by atoms with Gasteiger partial charge in [-0.3, -0.25) is 4.79 Å². The Labute approximate surface area is 187 Å². The largest absolute Gasteiger partial charge is 0.421 e. The maximum absolute atomic E-state index is 12.8. The molecule has 1 N–H and O–H groups in total. The van der Waals surface area contributed by atoms with Gasteiger partial charge in [0, 0.05) is 9.86 Å². The Balaban J connectivity index is 1.66. The zero-order valence-electron chi connectivity index (χ0n) is 15.6. The first-order valence-corrected chi connectivity index (χ1v) is 10.4. The van der Waals surface area contributed by atoms with Crippen LogP contribution in [-0.4, -0.2) is 11.1 Å². The van der Waals surface area contributed by atoms with E-state index in [2.05, 4.69) is 42.3 Å². The summed E-state index contributed by atoms with van der Waals surface area (Å²) in [6.07, 6.45) is 3.55. The Kier molecular flexibility index (Phi) is 5.69. The normalized spacial score (nSPS) is 11.3. The molecule has 2 aromatic heterocycles. The molecule has 0 unspecified atom stereocenters. The van der Waals surface area contributed by atoms with Gasteiger partial charge in [0.2, 0.25) is 0 Å². The fraction of sp³-hybridized carbons (Fsp3) is 0.0455. The number of nitrogens with zero attached hydrogens (tertiary/aromatic N) is 1. The quantitative estimate of drug-likeness (QED) is 0.326. The van der Waals surface area contributed by atoms with Crippen molar-refractivity contribution in [3.8, 4) is 0 Å². The van der Waals surface area contributed by atoms with Crippen molar-refractivity contribution in [1.82, 2.24) is 5.16 Å². The molecule has 0 saturated heterocycles. The first kappa shape index (κ1) is 20.3. The van der Waals surface area contributed by atoms with E-state index in [9.17, 15) is 9.59 Å². The van der Waals surface area contributed by atoms with Crippen LogP contribution in [0, 0.1) is 6.92 Å². The van der Waals surface area contributed by atoms with Crippen molar-refractivity contribution in [2.24, 2.45) is 0 Å². The van der Waals surface area contributed by atoms with Crippen LogP contribution in [0.15, 0.2) is 71.2 Å². The molecule has 2 aromatic carbocycles. The number of hydrogen-bond acceptors (Lipinski definition) is 5. The molecule has 2 heterocycles. The van der Waals surface area contributed by atoms with Crippen LogP contribution in [0.25, 0.3) is 23.1 Å². The number of nitrogens with one attached hydrogen (secondary N) is 1. The number of amides is 1. The number of carbonyl (C=O) groups is 1. The molecule has 0 atom stereocenters. The molecule has 0 aliphatic heterocycles. The smallest absolute Gasteiger partial charge is 0.349 e. The number of rotatable bonds is 4. The van der Waals surface area contributed by atoms with E-state index in [1.807, 2.05) is 36.4 Å². The van der Waals surface area contributed by atoms with Crippen molar-refractivity contribution < 1.29 is 13.7 Å². The standard InChI is InChI=1S/C22H14Br2N2O4/c1-12-19(18(30-26-12)8-7-13-5-3-2-4-6-13)25-21(27)16-10-14-9-15(23)11-17(24)20(14)29-22(16)28/h2-11H,1H3,(H,25,27)/b8-7+. The van der Waals surface area contributed by atoms with Crippen LogP contribution in [-0.2, 0) is 0 Å². The average Bonchev–Trinajstić information content (AvgIpc) is 3.07. The minimum atomic E-state index is -0.737. The van der Waals surface area contributed by atoms with E-state index < -0.39 is 11.5 Å². The molecule has 30 heavy (non-hydrogen) atoms. The van der Waals surface area contributed by atoms with Crippen LogP contribution in [0.5, 0.6) is 0 Å². The highest BCUT2D eigenvalue weighted by Gasteiger charge is 2.19. The van der Waals surface area contributed by atoms with Gasteiger partial charge in [-0.1, -0.05) is 57.5 Å². The summed E-state index contributed by atoms with van der Waals surface area (Å²) in [7, 11) is 0. The molecule has 4 aromatic rings. The SMILES string of the molecule is Cc1noc(/C=C/c2ccccc2)c1NC(=O)c1cc2cc(Br)cc(Br)c2oc1=O. The number of fused-ring (bicyclic) bond motifs is 1. The van der Waals surface area contributed by atoms with Crippen molar-refractivity contribution in [3.63, 3.8) is 0 Å². The van der Waals surface area contributed by atoms with Gasteiger partial charge in [0.05, 0.1) is 4.47 Å². The Hall–Kier alpha value is -2.97. The van der Waals surface area contributed by atoms with Crippen LogP contribution >= 0.6 is 31.9 Å². The predicted octanol–water partition coefficient (Wildman–Crippen LogP) is 6.04. The van der Waals surface area contributed by atoms with Gasteiger partial charge < -0.3 is 14.3 Å². The Bertz CT molecular complexity index is 1340. The van der Waals surface area contributed by atoms with E-state index in [0.29, 0.717) is 32.6 Å². The van der Waals surface area contributed by atoms with E-state index in [4.69, 9.17) is 8.94 Å². The highest BCUT2D eigenvalue weighted by atomic mass is 79.9. The number of benzene rings is 2. The average molecular weight is 530 g/mol. The molecule has 0 fully saturated rings. The summed E-state index contributed by atoms with van der Waals surface area (Å²) in [5.41, 5.74) is 1.36. The number of aryl methyl sites for hydroxylation is 1. The van der Waals surface area contributed by atoms with Gasteiger partial charge in [0.25, 0.3) is 5.91 Å². The second-order valence-corrected chi connectivity index (χ2v) is 8.23. The second kappa shape index (κ2) is 8.41. The lowest BCUT2D eigenvalue weighted by Crippen LogP contribution is -2.21. The Morgan fingerprint density at radius 2 is 1.87 bits per heavy atom. The van der Waals surface area contributed by atoms with E-state index in [0.717, 1.165) is 10.0 Å². The maximum atomic E-state index is 12.8. The van der Waals surface area contributed by atoms with Crippen LogP contribution in [0.1, 0.15) is 27.4 Å². The fourth-order valence-electron chi connectivity index (χ4n) is 2.89.